The Balaban J connectivity index is 5.15. The van der Waals surface area contributed by atoms with Crippen molar-refractivity contribution in [3.05, 3.63) is 0 Å². The van der Waals surface area contributed by atoms with E-state index in [-0.39, 0.29) is 5.04 Å². The van der Waals surface area contributed by atoms with Crippen LogP contribution in [0, 0.1) is 11.8 Å². The van der Waals surface area contributed by atoms with Crippen LogP contribution in [0.15, 0.2) is 0 Å². The predicted molar refractivity (Wildman–Crippen MR) is 74.1 cm³/mol. The van der Waals surface area contributed by atoms with Gasteiger partial charge in [0.2, 0.25) is 0 Å². The van der Waals surface area contributed by atoms with Crippen molar-refractivity contribution in [2.45, 2.75) is 52.5 Å². The molecule has 0 aromatic carbocycles. The van der Waals surface area contributed by atoms with E-state index < -0.39 is 8.80 Å². The van der Waals surface area contributed by atoms with Gasteiger partial charge in [0, 0.05) is 26.4 Å². The normalized spacial score (nSPS) is 15.4. The largest absolute Gasteiger partial charge is 0.506 e. The van der Waals surface area contributed by atoms with Crippen molar-refractivity contribution in [3.63, 3.8) is 0 Å². The van der Waals surface area contributed by atoms with Crippen LogP contribution in [0.25, 0.3) is 0 Å². The Kier molecular flexibility index (Phi) is 6.92. The van der Waals surface area contributed by atoms with Gasteiger partial charge in [0.1, 0.15) is 0 Å². The van der Waals surface area contributed by atoms with Crippen molar-refractivity contribution >= 4 is 8.80 Å². The van der Waals surface area contributed by atoms with Gasteiger partial charge in [-0.05, 0) is 18.3 Å². The highest BCUT2D eigenvalue weighted by Gasteiger charge is 2.56. The minimum atomic E-state index is -2.60. The quantitative estimate of drug-likeness (QED) is 0.624. The standard InChI is InChI=1S/C13H30O3Si/c1-9-12(10-11(2)3)13(4,5)17(14-6,15-7)16-8/h11-12H,9-10H2,1-8H3. The van der Waals surface area contributed by atoms with Gasteiger partial charge in [-0.25, -0.2) is 0 Å². The van der Waals surface area contributed by atoms with Gasteiger partial charge >= 0.3 is 8.80 Å². The van der Waals surface area contributed by atoms with E-state index in [1.165, 1.54) is 6.42 Å². The first-order valence-electron chi connectivity index (χ1n) is 6.46. The van der Waals surface area contributed by atoms with Gasteiger partial charge in [-0.2, -0.15) is 0 Å². The molecule has 0 radical (unpaired) electrons. The maximum absolute atomic E-state index is 5.66. The second-order valence-corrected chi connectivity index (χ2v) is 9.25. The third kappa shape index (κ3) is 3.53. The summed E-state index contributed by atoms with van der Waals surface area (Å²) >= 11 is 0. The first-order valence-corrected chi connectivity index (χ1v) is 8.19. The monoisotopic (exact) mass is 262 g/mol. The molecule has 0 heterocycles. The minimum absolute atomic E-state index is 0.0652. The molecule has 0 bridgehead atoms. The van der Waals surface area contributed by atoms with E-state index in [9.17, 15) is 0 Å². The molecule has 0 fully saturated rings. The van der Waals surface area contributed by atoms with E-state index in [4.69, 9.17) is 13.3 Å². The maximum atomic E-state index is 5.66. The summed E-state index contributed by atoms with van der Waals surface area (Å²) in [6.45, 7) is 11.2. The smallest absolute Gasteiger partial charge is 0.377 e. The molecule has 0 rings (SSSR count). The first kappa shape index (κ1) is 17.1. The average molecular weight is 262 g/mol. The van der Waals surface area contributed by atoms with Crippen molar-refractivity contribution in [1.29, 1.82) is 0 Å². The molecular formula is C13H30O3Si. The molecule has 0 aromatic rings. The van der Waals surface area contributed by atoms with Crippen molar-refractivity contribution in [1.82, 2.24) is 0 Å². The summed E-state index contributed by atoms with van der Waals surface area (Å²) in [4.78, 5) is 0. The second kappa shape index (κ2) is 6.88. The molecule has 1 unspecified atom stereocenters. The van der Waals surface area contributed by atoms with Gasteiger partial charge in [0.05, 0.1) is 0 Å². The molecule has 4 heteroatoms. The average Bonchev–Trinajstić information content (AvgIpc) is 2.28. The molecule has 0 aliphatic carbocycles. The molecular weight excluding hydrogens is 232 g/mol. The van der Waals surface area contributed by atoms with Gasteiger partial charge in [0.15, 0.2) is 0 Å². The summed E-state index contributed by atoms with van der Waals surface area (Å²) in [7, 11) is 2.50. The van der Waals surface area contributed by atoms with E-state index in [2.05, 4.69) is 34.6 Å². The van der Waals surface area contributed by atoms with Crippen molar-refractivity contribution in [2.24, 2.45) is 11.8 Å². The van der Waals surface area contributed by atoms with Crippen molar-refractivity contribution < 1.29 is 13.3 Å². The van der Waals surface area contributed by atoms with Gasteiger partial charge in [-0.1, -0.05) is 41.0 Å². The predicted octanol–water partition coefficient (Wildman–Crippen LogP) is 3.72. The van der Waals surface area contributed by atoms with Crippen LogP contribution in [-0.4, -0.2) is 30.1 Å². The number of hydrogen-bond donors (Lipinski definition) is 0. The van der Waals surface area contributed by atoms with Crippen LogP contribution >= 0.6 is 0 Å². The van der Waals surface area contributed by atoms with E-state index in [1.54, 1.807) is 21.3 Å². The molecule has 17 heavy (non-hydrogen) atoms. The number of hydrogen-bond acceptors (Lipinski definition) is 3. The molecule has 0 spiro atoms. The van der Waals surface area contributed by atoms with E-state index >= 15 is 0 Å². The lowest BCUT2D eigenvalue weighted by molar-refractivity contribution is 0.0753. The van der Waals surface area contributed by atoms with Gasteiger partial charge in [-0.15, -0.1) is 0 Å². The topological polar surface area (TPSA) is 27.7 Å². The van der Waals surface area contributed by atoms with Crippen LogP contribution in [0.4, 0.5) is 0 Å². The Labute approximate surface area is 108 Å². The zero-order valence-electron chi connectivity index (χ0n) is 12.8. The fourth-order valence-electron chi connectivity index (χ4n) is 2.83. The lowest BCUT2D eigenvalue weighted by Gasteiger charge is -2.44. The zero-order chi connectivity index (χ0) is 13.7. The van der Waals surface area contributed by atoms with Crippen LogP contribution in [0.3, 0.4) is 0 Å². The second-order valence-electron chi connectivity index (χ2n) is 5.62. The highest BCUT2D eigenvalue weighted by Crippen LogP contribution is 2.49. The SMILES string of the molecule is CCC(CC(C)C)C(C)(C)[Si](OC)(OC)OC. The summed E-state index contributed by atoms with van der Waals surface area (Å²) in [5.41, 5.74) is 0. The molecule has 0 aliphatic heterocycles. The van der Waals surface area contributed by atoms with Crippen LogP contribution in [0.5, 0.6) is 0 Å². The summed E-state index contributed by atoms with van der Waals surface area (Å²) in [5, 5.41) is -0.0652. The van der Waals surface area contributed by atoms with E-state index in [0.29, 0.717) is 11.8 Å². The van der Waals surface area contributed by atoms with Crippen molar-refractivity contribution in [3.8, 4) is 0 Å². The van der Waals surface area contributed by atoms with Crippen LogP contribution in [0.2, 0.25) is 5.04 Å². The summed E-state index contributed by atoms with van der Waals surface area (Å²) in [6, 6.07) is 0. The Morgan fingerprint density at radius 2 is 1.41 bits per heavy atom. The Hall–Kier alpha value is 0.0969. The number of rotatable bonds is 8. The Morgan fingerprint density at radius 3 is 1.65 bits per heavy atom. The highest BCUT2D eigenvalue weighted by molar-refractivity contribution is 6.64. The third-order valence-corrected chi connectivity index (χ3v) is 7.46. The van der Waals surface area contributed by atoms with Crippen LogP contribution < -0.4 is 0 Å². The molecule has 1 atom stereocenters. The van der Waals surface area contributed by atoms with E-state index in [0.717, 1.165) is 6.42 Å². The fourth-order valence-corrected chi connectivity index (χ4v) is 5.73. The summed E-state index contributed by atoms with van der Waals surface area (Å²) < 4.78 is 17.0. The molecule has 3 nitrogen and oxygen atoms in total. The lowest BCUT2D eigenvalue weighted by Crippen LogP contribution is -2.55. The molecule has 0 N–H and O–H groups in total. The molecule has 0 aliphatic rings. The zero-order valence-corrected chi connectivity index (χ0v) is 13.8. The summed E-state index contributed by atoms with van der Waals surface area (Å²) in [6.07, 6.45) is 2.30. The Morgan fingerprint density at radius 1 is 1.00 bits per heavy atom. The Bertz CT molecular complexity index is 204. The summed E-state index contributed by atoms with van der Waals surface area (Å²) in [5.74, 6) is 1.23. The third-order valence-electron chi connectivity index (χ3n) is 3.86. The van der Waals surface area contributed by atoms with E-state index in [1.807, 2.05) is 0 Å². The van der Waals surface area contributed by atoms with Gasteiger partial charge in [0.25, 0.3) is 0 Å². The maximum Gasteiger partial charge on any atom is 0.506 e. The molecule has 0 amide bonds. The molecule has 104 valence electrons. The van der Waals surface area contributed by atoms with Crippen LogP contribution in [-0.2, 0) is 13.3 Å². The molecule has 0 saturated carbocycles. The minimum Gasteiger partial charge on any atom is -0.377 e. The van der Waals surface area contributed by atoms with Gasteiger partial charge < -0.3 is 13.3 Å². The first-order chi connectivity index (χ1) is 7.81. The van der Waals surface area contributed by atoms with Crippen LogP contribution in [0.1, 0.15) is 47.5 Å². The lowest BCUT2D eigenvalue weighted by atomic mass is 9.85. The molecule has 0 saturated heterocycles. The molecule has 0 aromatic heterocycles. The fraction of sp³-hybridized carbons (Fsp3) is 1.00. The highest BCUT2D eigenvalue weighted by atomic mass is 28.4. The van der Waals surface area contributed by atoms with Crippen molar-refractivity contribution in [2.75, 3.05) is 21.3 Å². The van der Waals surface area contributed by atoms with Gasteiger partial charge in [-0.3, -0.25) is 0 Å².